The minimum atomic E-state index is -4.35. The van der Waals surface area contributed by atoms with Gasteiger partial charge in [-0.25, -0.2) is 0 Å². The van der Waals surface area contributed by atoms with Gasteiger partial charge >= 0.3 is 12.1 Å². The minimum absolute atomic E-state index is 0.00116. The number of aliphatic carboxylic acids is 1. The Morgan fingerprint density at radius 1 is 1.07 bits per heavy atom. The van der Waals surface area contributed by atoms with Gasteiger partial charge in [0.25, 0.3) is 5.91 Å². The van der Waals surface area contributed by atoms with E-state index in [1.54, 1.807) is 11.8 Å². The van der Waals surface area contributed by atoms with Gasteiger partial charge in [-0.3, -0.25) is 19.3 Å². The average Bonchev–Trinajstić information content (AvgIpc) is 3.53. The number of methoxy groups -OCH3 is 1. The number of nitriles is 1. The summed E-state index contributed by atoms with van der Waals surface area (Å²) in [4.78, 5) is 40.9. The zero-order chi connectivity index (χ0) is 33.4. The highest BCUT2D eigenvalue weighted by Gasteiger charge is 2.57. The number of carboxylic acids is 1. The van der Waals surface area contributed by atoms with Crippen LogP contribution in [-0.2, 0) is 9.59 Å². The molecule has 46 heavy (non-hydrogen) atoms. The fourth-order valence-corrected chi connectivity index (χ4v) is 7.72. The van der Waals surface area contributed by atoms with Gasteiger partial charge in [0.1, 0.15) is 17.6 Å². The molecule has 1 aromatic carbocycles. The second-order valence-electron chi connectivity index (χ2n) is 14.1. The van der Waals surface area contributed by atoms with Crippen molar-refractivity contribution in [2.75, 3.05) is 20.2 Å². The summed E-state index contributed by atoms with van der Waals surface area (Å²) in [6.07, 6.45) is 0.161. The summed E-state index contributed by atoms with van der Waals surface area (Å²) in [7, 11) is 1.36. The van der Waals surface area contributed by atoms with Crippen LogP contribution in [0, 0.1) is 28.1 Å². The smallest absolute Gasteiger partial charge is 0.390 e. The van der Waals surface area contributed by atoms with E-state index in [-0.39, 0.29) is 46.6 Å². The number of ether oxygens (including phenoxy) is 2. The van der Waals surface area contributed by atoms with E-state index in [0.29, 0.717) is 45.1 Å². The molecule has 10 nitrogen and oxygen atoms in total. The van der Waals surface area contributed by atoms with Gasteiger partial charge in [0.15, 0.2) is 0 Å². The first kappa shape index (κ1) is 33.8. The van der Waals surface area contributed by atoms with Gasteiger partial charge < -0.3 is 25.2 Å². The van der Waals surface area contributed by atoms with Crippen molar-refractivity contribution in [3.63, 3.8) is 0 Å². The Labute approximate surface area is 267 Å². The largest absolute Gasteiger partial charge is 0.496 e. The van der Waals surface area contributed by atoms with Crippen LogP contribution in [0.25, 0.3) is 0 Å². The summed E-state index contributed by atoms with van der Waals surface area (Å²) in [6, 6.07) is 3.26. The standard InChI is InChI=1S/C33H43F3N4O6/c1-31(9-4-10-31)18-38-29(42)26-22-5-6-23(40(22)14-13-33(34,35)36)27(26)39-28(41)21-16-24(19(17-37)15-25(21)45-3)46-20-7-11-32(2,12-8-20)30(43)44/h15-16,20,22-23,26-27H,4-14,18H2,1-3H3,(H,38,42)(H,39,41)(H,43,44)/t20?,22-,23+,26+,27-,32?/m0/s1. The number of nitrogens with zero attached hydrogens (tertiary/aromatic N) is 2. The third-order valence-corrected chi connectivity index (χ3v) is 10.8. The Hall–Kier alpha value is -3.53. The zero-order valence-electron chi connectivity index (χ0n) is 26.5. The Morgan fingerprint density at radius 3 is 2.30 bits per heavy atom. The van der Waals surface area contributed by atoms with Crippen LogP contribution in [0.4, 0.5) is 13.2 Å². The van der Waals surface area contributed by atoms with E-state index in [1.807, 2.05) is 0 Å². The van der Waals surface area contributed by atoms with Crippen molar-refractivity contribution in [2.24, 2.45) is 16.7 Å². The minimum Gasteiger partial charge on any atom is -0.496 e. The first-order chi connectivity index (χ1) is 21.7. The molecule has 2 saturated carbocycles. The maximum absolute atomic E-state index is 13.9. The van der Waals surface area contributed by atoms with Crippen LogP contribution in [0.15, 0.2) is 12.1 Å². The molecule has 2 aliphatic carbocycles. The molecule has 2 amide bonds. The summed E-state index contributed by atoms with van der Waals surface area (Å²) in [5, 5.41) is 25.4. The maximum Gasteiger partial charge on any atom is 0.390 e. The van der Waals surface area contributed by atoms with Crippen LogP contribution in [0.1, 0.15) is 94.0 Å². The van der Waals surface area contributed by atoms with Gasteiger partial charge in [0.05, 0.1) is 48.1 Å². The van der Waals surface area contributed by atoms with E-state index >= 15 is 0 Å². The molecule has 1 aromatic rings. The molecule has 0 aromatic heterocycles. The number of halogens is 3. The number of rotatable bonds is 11. The Morgan fingerprint density at radius 2 is 1.74 bits per heavy atom. The second kappa shape index (κ2) is 12.9. The Bertz CT molecular complexity index is 1380. The zero-order valence-corrected chi connectivity index (χ0v) is 26.5. The highest BCUT2D eigenvalue weighted by atomic mass is 19.4. The maximum atomic E-state index is 13.9. The normalized spacial score (nSPS) is 30.2. The molecule has 2 aliphatic heterocycles. The predicted octanol–water partition coefficient (Wildman–Crippen LogP) is 4.80. The molecule has 5 rings (SSSR count). The van der Waals surface area contributed by atoms with Crippen LogP contribution >= 0.6 is 0 Å². The van der Waals surface area contributed by atoms with Gasteiger partial charge in [0, 0.05) is 31.2 Å². The lowest BCUT2D eigenvalue weighted by Gasteiger charge is -2.39. The quantitative estimate of drug-likeness (QED) is 0.311. The number of benzene rings is 1. The number of hydrogen-bond acceptors (Lipinski definition) is 7. The first-order valence-electron chi connectivity index (χ1n) is 16.1. The monoisotopic (exact) mass is 648 g/mol. The predicted molar refractivity (Wildman–Crippen MR) is 160 cm³/mol. The van der Waals surface area contributed by atoms with E-state index in [4.69, 9.17) is 9.47 Å². The molecule has 2 saturated heterocycles. The van der Waals surface area contributed by atoms with Crippen molar-refractivity contribution >= 4 is 17.8 Å². The van der Waals surface area contributed by atoms with Crippen molar-refractivity contribution in [3.05, 3.63) is 23.3 Å². The molecule has 0 spiro atoms. The number of amides is 2. The molecule has 0 unspecified atom stereocenters. The van der Waals surface area contributed by atoms with E-state index < -0.39 is 53.9 Å². The lowest BCUT2D eigenvalue weighted by atomic mass is 9.70. The molecule has 0 radical (unpaired) electrons. The fraction of sp³-hybridized carbons (Fsp3) is 0.697. The summed E-state index contributed by atoms with van der Waals surface area (Å²) in [5.41, 5.74) is -0.650. The average molecular weight is 649 g/mol. The number of carbonyl (C=O) groups excluding carboxylic acids is 2. The molecule has 13 heteroatoms. The fourth-order valence-electron chi connectivity index (χ4n) is 7.72. The lowest BCUT2D eigenvalue weighted by molar-refractivity contribution is -0.150. The lowest BCUT2D eigenvalue weighted by Crippen LogP contribution is -2.53. The van der Waals surface area contributed by atoms with Crippen molar-refractivity contribution in [3.8, 4) is 17.6 Å². The highest BCUT2D eigenvalue weighted by Crippen LogP contribution is 2.45. The number of carboxylic acid groups (broad SMARTS) is 1. The number of alkyl halides is 3. The van der Waals surface area contributed by atoms with E-state index in [2.05, 4.69) is 23.6 Å². The Kier molecular flexibility index (Phi) is 9.51. The number of hydrogen-bond donors (Lipinski definition) is 3. The molecule has 2 heterocycles. The van der Waals surface area contributed by atoms with Crippen LogP contribution in [0.5, 0.6) is 11.5 Å². The van der Waals surface area contributed by atoms with Crippen molar-refractivity contribution in [2.45, 2.75) is 108 Å². The van der Waals surface area contributed by atoms with Crippen LogP contribution in [0.3, 0.4) is 0 Å². The SMILES string of the molecule is COc1cc(C#N)c(OC2CCC(C)(C(=O)O)CC2)cc1C(=O)N[C@@H]1[C@H](C(=O)NCC2(C)CCC2)[C@@H]2CC[C@H]1N2CCC(F)(F)F. The van der Waals surface area contributed by atoms with Gasteiger partial charge in [-0.2, -0.15) is 18.4 Å². The molecule has 4 aliphatic rings. The molecule has 3 N–H and O–H groups in total. The van der Waals surface area contributed by atoms with Crippen LogP contribution in [0.2, 0.25) is 0 Å². The summed E-state index contributed by atoms with van der Waals surface area (Å²) < 4.78 is 51.3. The van der Waals surface area contributed by atoms with E-state index in [9.17, 15) is 37.9 Å². The molecule has 2 bridgehead atoms. The molecule has 4 atom stereocenters. The number of fused-ring (bicyclic) bond motifs is 2. The van der Waals surface area contributed by atoms with E-state index in [0.717, 1.165) is 19.3 Å². The number of nitrogens with one attached hydrogen (secondary N) is 2. The topological polar surface area (TPSA) is 141 Å². The second-order valence-corrected chi connectivity index (χ2v) is 14.1. The third kappa shape index (κ3) is 6.92. The summed E-state index contributed by atoms with van der Waals surface area (Å²) in [5.74, 6) is -2.20. The van der Waals surface area contributed by atoms with Crippen LogP contribution in [-0.4, -0.2) is 78.4 Å². The van der Waals surface area contributed by atoms with Crippen LogP contribution < -0.4 is 20.1 Å². The summed E-state index contributed by atoms with van der Waals surface area (Å²) in [6.45, 7) is 4.01. The Balaban J connectivity index is 1.37. The summed E-state index contributed by atoms with van der Waals surface area (Å²) >= 11 is 0. The molecular formula is C33H43F3N4O6. The van der Waals surface area contributed by atoms with Gasteiger partial charge in [-0.05, 0) is 69.8 Å². The third-order valence-electron chi connectivity index (χ3n) is 10.8. The molecule has 4 fully saturated rings. The van der Waals surface area contributed by atoms with Crippen molar-refractivity contribution < 1.29 is 42.1 Å². The van der Waals surface area contributed by atoms with Gasteiger partial charge in [-0.15, -0.1) is 0 Å². The number of carbonyl (C=O) groups is 3. The van der Waals surface area contributed by atoms with Gasteiger partial charge in [0.2, 0.25) is 5.91 Å². The van der Waals surface area contributed by atoms with Gasteiger partial charge in [-0.1, -0.05) is 13.3 Å². The highest BCUT2D eigenvalue weighted by molar-refractivity contribution is 5.98. The van der Waals surface area contributed by atoms with Crippen molar-refractivity contribution in [1.29, 1.82) is 5.26 Å². The molecule has 252 valence electrons. The van der Waals surface area contributed by atoms with E-state index in [1.165, 1.54) is 19.2 Å². The van der Waals surface area contributed by atoms with Crippen molar-refractivity contribution in [1.82, 2.24) is 15.5 Å². The molecular weight excluding hydrogens is 605 g/mol. The first-order valence-corrected chi connectivity index (χ1v) is 16.1.